The van der Waals surface area contributed by atoms with E-state index in [9.17, 15) is 9.36 Å². The van der Waals surface area contributed by atoms with Crippen LogP contribution < -0.4 is 14.7 Å². The third-order valence-corrected chi connectivity index (χ3v) is 5.22. The second kappa shape index (κ2) is 9.53. The maximum absolute atomic E-state index is 13.1. The molecule has 2 aromatic carbocycles. The fourth-order valence-electron chi connectivity index (χ4n) is 2.32. The molecule has 140 valence electrons. The third-order valence-electron chi connectivity index (χ3n) is 3.52. The van der Waals surface area contributed by atoms with E-state index in [1.807, 2.05) is 36.4 Å². The van der Waals surface area contributed by atoms with Crippen LogP contribution >= 0.6 is 7.67 Å². The highest BCUT2D eigenvalue weighted by molar-refractivity contribution is 7.55. The first-order valence-corrected chi connectivity index (χ1v) is 10.1. The van der Waals surface area contributed by atoms with E-state index < -0.39 is 19.7 Å². The van der Waals surface area contributed by atoms with Crippen LogP contribution in [0.2, 0.25) is 0 Å². The minimum atomic E-state index is -3.51. The van der Waals surface area contributed by atoms with Crippen molar-refractivity contribution in [3.63, 3.8) is 0 Å². The summed E-state index contributed by atoms with van der Waals surface area (Å²) in [4.78, 5) is 12.5. The van der Waals surface area contributed by atoms with Gasteiger partial charge in [0.25, 0.3) is 0 Å². The normalized spacial score (nSPS) is 14.5. The molecule has 0 aliphatic heterocycles. The van der Waals surface area contributed by atoms with Crippen LogP contribution in [0.15, 0.2) is 60.7 Å². The molecule has 0 fully saturated rings. The molecule has 0 saturated heterocycles. The van der Waals surface area contributed by atoms with E-state index in [0.717, 1.165) is 5.56 Å². The Morgan fingerprint density at radius 3 is 2.15 bits per heavy atom. The number of rotatable bonds is 9. The number of carbonyl (C=O) groups excluding carboxylic acids is 1. The van der Waals surface area contributed by atoms with Crippen molar-refractivity contribution >= 4 is 13.6 Å². The van der Waals surface area contributed by atoms with Gasteiger partial charge < -0.3 is 9.26 Å². The molecular weight excluding hydrogens is 351 g/mol. The molecule has 0 heterocycles. The van der Waals surface area contributed by atoms with E-state index in [1.54, 1.807) is 38.1 Å². The van der Waals surface area contributed by atoms with Crippen molar-refractivity contribution in [1.29, 1.82) is 0 Å². The van der Waals surface area contributed by atoms with E-state index in [2.05, 4.69) is 10.2 Å². The molecule has 6 nitrogen and oxygen atoms in total. The number of esters is 1. The first-order chi connectivity index (χ1) is 12.4. The van der Waals surface area contributed by atoms with Gasteiger partial charge in [-0.15, -0.1) is 0 Å². The molecule has 0 radical (unpaired) electrons. The largest absolute Gasteiger partial charge is 0.462 e. The first kappa shape index (κ1) is 20.2. The van der Waals surface area contributed by atoms with Crippen LogP contribution in [0.25, 0.3) is 0 Å². The van der Waals surface area contributed by atoms with Crippen molar-refractivity contribution in [3.05, 3.63) is 66.2 Å². The highest BCUT2D eigenvalue weighted by Crippen LogP contribution is 2.39. The summed E-state index contributed by atoms with van der Waals surface area (Å²) in [5.74, 6) is -0.0376. The smallest absolute Gasteiger partial charge is 0.390 e. The molecule has 2 aromatic rings. The molecule has 0 amide bonds. The summed E-state index contributed by atoms with van der Waals surface area (Å²) >= 11 is 0. The topological polar surface area (TPSA) is 76.7 Å². The van der Waals surface area contributed by atoms with E-state index in [4.69, 9.17) is 9.26 Å². The first-order valence-electron chi connectivity index (χ1n) is 8.48. The Kier molecular flexibility index (Phi) is 7.39. The van der Waals surface area contributed by atoms with Gasteiger partial charge in [0, 0.05) is 0 Å². The van der Waals surface area contributed by atoms with Gasteiger partial charge in [0.1, 0.15) is 11.8 Å². The zero-order valence-corrected chi connectivity index (χ0v) is 16.1. The van der Waals surface area contributed by atoms with E-state index in [-0.39, 0.29) is 6.10 Å². The second-order valence-electron chi connectivity index (χ2n) is 6.04. The van der Waals surface area contributed by atoms with Gasteiger partial charge >= 0.3 is 13.6 Å². The summed E-state index contributed by atoms with van der Waals surface area (Å²) in [6, 6.07) is 17.5. The monoisotopic (exact) mass is 376 g/mol. The number of carbonyl (C=O) groups is 1. The van der Waals surface area contributed by atoms with Gasteiger partial charge in [-0.3, -0.25) is 4.79 Å². The SMILES string of the molecule is CNP(=O)(N[C@@H](Cc1ccccc1)C(=O)OC(C)C)Oc1ccccc1. The van der Waals surface area contributed by atoms with E-state index in [0.29, 0.717) is 12.2 Å². The molecule has 2 atom stereocenters. The molecule has 0 aromatic heterocycles. The van der Waals surface area contributed by atoms with Crippen LogP contribution in [0.5, 0.6) is 5.75 Å². The lowest BCUT2D eigenvalue weighted by atomic mass is 10.1. The average Bonchev–Trinajstić information content (AvgIpc) is 2.62. The van der Waals surface area contributed by atoms with Crippen molar-refractivity contribution in [2.45, 2.75) is 32.4 Å². The van der Waals surface area contributed by atoms with Crippen molar-refractivity contribution in [2.24, 2.45) is 0 Å². The molecule has 0 aliphatic carbocycles. The van der Waals surface area contributed by atoms with Crippen LogP contribution in [-0.2, 0) is 20.5 Å². The molecule has 0 spiro atoms. The maximum atomic E-state index is 13.1. The second-order valence-corrected chi connectivity index (χ2v) is 8.03. The molecule has 0 aliphatic rings. The molecule has 0 saturated carbocycles. The summed E-state index contributed by atoms with van der Waals surface area (Å²) in [5.41, 5.74) is 0.924. The van der Waals surface area contributed by atoms with Crippen molar-refractivity contribution in [1.82, 2.24) is 10.2 Å². The maximum Gasteiger partial charge on any atom is 0.390 e. The Morgan fingerprint density at radius 2 is 1.62 bits per heavy atom. The van der Waals surface area contributed by atoms with Crippen molar-refractivity contribution in [3.8, 4) is 5.75 Å². The third kappa shape index (κ3) is 6.30. The Bertz CT molecular complexity index is 738. The van der Waals surface area contributed by atoms with Crippen molar-refractivity contribution in [2.75, 3.05) is 7.05 Å². The van der Waals surface area contributed by atoms with Gasteiger partial charge in [-0.05, 0) is 45.0 Å². The molecule has 2 N–H and O–H groups in total. The summed E-state index contributed by atoms with van der Waals surface area (Å²) < 4.78 is 24.0. The molecular formula is C19H25N2O4P. The average molecular weight is 376 g/mol. The number of nitrogens with one attached hydrogen (secondary N) is 2. The van der Waals surface area contributed by atoms with Gasteiger partial charge in [-0.1, -0.05) is 48.5 Å². The lowest BCUT2D eigenvalue weighted by Gasteiger charge is -2.25. The lowest BCUT2D eigenvalue weighted by molar-refractivity contribution is -0.149. The van der Waals surface area contributed by atoms with Gasteiger partial charge in [0.05, 0.1) is 6.10 Å². The minimum absolute atomic E-state index is 0.272. The summed E-state index contributed by atoms with van der Waals surface area (Å²) in [6.07, 6.45) is 0.0579. The van der Waals surface area contributed by atoms with Crippen LogP contribution in [0.1, 0.15) is 19.4 Å². The highest BCUT2D eigenvalue weighted by atomic mass is 31.2. The number of ether oxygens (including phenoxy) is 1. The lowest BCUT2D eigenvalue weighted by Crippen LogP contribution is -2.42. The predicted octanol–water partition coefficient (Wildman–Crippen LogP) is 3.55. The Hall–Kier alpha value is -2.14. The standard InChI is InChI=1S/C19H25N2O4P/c1-15(2)24-19(22)18(14-16-10-6-4-7-11-16)21-26(23,20-3)25-17-12-8-5-9-13-17/h4-13,15,18H,14H2,1-3H3,(H2,20,21,23)/t18-,26?/m0/s1. The Labute approximate surface area is 154 Å². The van der Waals surface area contributed by atoms with E-state index in [1.165, 1.54) is 7.05 Å². The fraction of sp³-hybridized carbons (Fsp3) is 0.316. The van der Waals surface area contributed by atoms with Crippen LogP contribution in [0.3, 0.4) is 0 Å². The number of benzene rings is 2. The quantitative estimate of drug-likeness (QED) is 0.515. The van der Waals surface area contributed by atoms with Gasteiger partial charge in [0.15, 0.2) is 0 Å². The zero-order chi connectivity index (χ0) is 19.0. The van der Waals surface area contributed by atoms with Gasteiger partial charge in [-0.25, -0.2) is 14.7 Å². The minimum Gasteiger partial charge on any atom is -0.462 e. The predicted molar refractivity (Wildman–Crippen MR) is 102 cm³/mol. The number of para-hydroxylation sites is 1. The molecule has 26 heavy (non-hydrogen) atoms. The van der Waals surface area contributed by atoms with Gasteiger partial charge in [-0.2, -0.15) is 0 Å². The highest BCUT2D eigenvalue weighted by Gasteiger charge is 2.32. The number of hydrogen-bond acceptors (Lipinski definition) is 4. The fourth-order valence-corrected chi connectivity index (χ4v) is 3.62. The van der Waals surface area contributed by atoms with E-state index >= 15 is 0 Å². The summed E-state index contributed by atoms with van der Waals surface area (Å²) in [6.45, 7) is 3.55. The number of hydrogen-bond donors (Lipinski definition) is 2. The van der Waals surface area contributed by atoms with Crippen molar-refractivity contribution < 1.29 is 18.6 Å². The molecule has 2 rings (SSSR count). The summed E-state index contributed by atoms with van der Waals surface area (Å²) in [7, 11) is -2.00. The molecule has 1 unspecified atom stereocenters. The van der Waals surface area contributed by atoms with Crippen LogP contribution in [0, 0.1) is 0 Å². The van der Waals surface area contributed by atoms with Crippen LogP contribution in [0.4, 0.5) is 0 Å². The Balaban J connectivity index is 2.19. The van der Waals surface area contributed by atoms with Gasteiger partial charge in [0.2, 0.25) is 0 Å². The Morgan fingerprint density at radius 1 is 1.04 bits per heavy atom. The summed E-state index contributed by atoms with van der Waals surface area (Å²) in [5, 5.41) is 5.50. The van der Waals surface area contributed by atoms with Crippen LogP contribution in [-0.4, -0.2) is 25.2 Å². The zero-order valence-electron chi connectivity index (χ0n) is 15.2. The molecule has 7 heteroatoms. The molecule has 0 bridgehead atoms.